The Hall–Kier alpha value is -2.48. The molecule has 8 nitrogen and oxygen atoms in total. The number of hydrogen-bond donors (Lipinski definition) is 4. The zero-order valence-corrected chi connectivity index (χ0v) is 14.1. The van der Waals surface area contributed by atoms with Gasteiger partial charge in [-0.05, 0) is 43.9 Å². The van der Waals surface area contributed by atoms with Gasteiger partial charge in [0.15, 0.2) is 0 Å². The number of nitrogens with zero attached hydrogens (tertiary/aromatic N) is 2. The molecule has 0 unspecified atom stereocenters. The summed E-state index contributed by atoms with van der Waals surface area (Å²) in [6.07, 6.45) is 5.00. The Morgan fingerprint density at radius 3 is 2.84 bits per heavy atom. The van der Waals surface area contributed by atoms with E-state index in [1.807, 2.05) is 0 Å². The van der Waals surface area contributed by atoms with Crippen LogP contribution in [0.5, 0.6) is 0 Å². The lowest BCUT2D eigenvalue weighted by Crippen LogP contribution is -2.50. The van der Waals surface area contributed by atoms with E-state index in [1.165, 1.54) is 0 Å². The van der Waals surface area contributed by atoms with Gasteiger partial charge in [-0.15, -0.1) is 0 Å². The van der Waals surface area contributed by atoms with Gasteiger partial charge in [0.2, 0.25) is 11.8 Å². The third-order valence-electron chi connectivity index (χ3n) is 4.76. The van der Waals surface area contributed by atoms with Crippen LogP contribution in [0.25, 0.3) is 0 Å². The number of amides is 2. The van der Waals surface area contributed by atoms with Gasteiger partial charge in [-0.3, -0.25) is 20.0 Å². The number of nitrogens with one attached hydrogen (secondary N) is 3. The number of nitrogens with two attached hydrogens (primary N) is 1. The minimum atomic E-state index is -0.389. The van der Waals surface area contributed by atoms with Crippen LogP contribution >= 0.6 is 0 Å². The third kappa shape index (κ3) is 3.96. The van der Waals surface area contributed by atoms with Gasteiger partial charge in [-0.2, -0.15) is 0 Å². The van der Waals surface area contributed by atoms with E-state index in [4.69, 9.17) is 11.1 Å². The summed E-state index contributed by atoms with van der Waals surface area (Å²) in [6.45, 7) is 1.85. The molecule has 2 saturated heterocycles. The SMILES string of the molecule is N=C(N)c1ccc(CNC(=O)[C@@H]2CCCN2C(=O)[C@@H]2CCCN2)cn1. The van der Waals surface area contributed by atoms with Crippen LogP contribution in [0.4, 0.5) is 0 Å². The molecular weight excluding hydrogens is 320 g/mol. The standard InChI is InChI=1S/C17H24N6O2/c18-15(19)12-6-5-11(9-21-12)10-22-16(24)14-4-2-8-23(14)17(25)13-3-1-7-20-13/h5-6,9,13-14,20H,1-4,7-8,10H2,(H3,18,19)(H,22,24)/t13-,14-/m0/s1. The van der Waals surface area contributed by atoms with Crippen molar-refractivity contribution in [3.63, 3.8) is 0 Å². The maximum absolute atomic E-state index is 12.6. The molecule has 0 aromatic carbocycles. The van der Waals surface area contributed by atoms with Crippen molar-refractivity contribution in [3.05, 3.63) is 29.6 Å². The van der Waals surface area contributed by atoms with Crippen LogP contribution in [0.1, 0.15) is 36.9 Å². The predicted molar refractivity (Wildman–Crippen MR) is 92.9 cm³/mol. The lowest BCUT2D eigenvalue weighted by molar-refractivity contribution is -0.139. The molecule has 0 bridgehead atoms. The van der Waals surface area contributed by atoms with Gasteiger partial charge in [0.25, 0.3) is 0 Å². The Balaban J connectivity index is 1.56. The number of carbonyl (C=O) groups is 2. The number of carbonyl (C=O) groups excluding carboxylic acids is 2. The van der Waals surface area contributed by atoms with Crippen LogP contribution in [-0.2, 0) is 16.1 Å². The first-order valence-electron chi connectivity index (χ1n) is 8.67. The molecular formula is C17H24N6O2. The fraction of sp³-hybridized carbons (Fsp3) is 0.529. The Morgan fingerprint density at radius 2 is 2.20 bits per heavy atom. The molecule has 0 spiro atoms. The molecule has 0 aliphatic carbocycles. The largest absolute Gasteiger partial charge is 0.382 e. The van der Waals surface area contributed by atoms with Gasteiger partial charge in [0.05, 0.1) is 6.04 Å². The smallest absolute Gasteiger partial charge is 0.243 e. The van der Waals surface area contributed by atoms with Crippen molar-refractivity contribution >= 4 is 17.6 Å². The van der Waals surface area contributed by atoms with Crippen LogP contribution in [0, 0.1) is 5.41 Å². The second kappa shape index (κ2) is 7.60. The van der Waals surface area contributed by atoms with Crippen molar-refractivity contribution in [3.8, 4) is 0 Å². The average molecular weight is 344 g/mol. The molecule has 5 N–H and O–H groups in total. The molecule has 1 aromatic rings. The highest BCUT2D eigenvalue weighted by atomic mass is 16.2. The van der Waals surface area contributed by atoms with E-state index in [1.54, 1.807) is 23.2 Å². The molecule has 1 aromatic heterocycles. The zero-order valence-electron chi connectivity index (χ0n) is 14.1. The Morgan fingerprint density at radius 1 is 1.36 bits per heavy atom. The van der Waals surface area contributed by atoms with E-state index in [2.05, 4.69) is 15.6 Å². The highest BCUT2D eigenvalue weighted by molar-refractivity contribution is 5.93. The predicted octanol–water partition coefficient (Wildman–Crippen LogP) is -0.275. The van der Waals surface area contributed by atoms with Crippen LogP contribution in [0.3, 0.4) is 0 Å². The molecule has 3 heterocycles. The summed E-state index contributed by atoms with van der Waals surface area (Å²) in [4.78, 5) is 30.9. The fourth-order valence-corrected chi connectivity index (χ4v) is 3.39. The molecule has 8 heteroatoms. The molecule has 0 saturated carbocycles. The highest BCUT2D eigenvalue weighted by Gasteiger charge is 2.37. The van der Waals surface area contributed by atoms with Gasteiger partial charge in [-0.1, -0.05) is 6.07 Å². The molecule has 2 atom stereocenters. The third-order valence-corrected chi connectivity index (χ3v) is 4.76. The maximum atomic E-state index is 12.6. The van der Waals surface area contributed by atoms with Gasteiger partial charge < -0.3 is 21.3 Å². The van der Waals surface area contributed by atoms with E-state index in [-0.39, 0.29) is 29.7 Å². The summed E-state index contributed by atoms with van der Waals surface area (Å²) in [5.74, 6) is -0.168. The molecule has 0 radical (unpaired) electrons. The number of nitrogen functional groups attached to an aromatic ring is 1. The molecule has 134 valence electrons. The van der Waals surface area contributed by atoms with E-state index in [0.29, 0.717) is 25.2 Å². The number of likely N-dealkylation sites (tertiary alicyclic amines) is 1. The van der Waals surface area contributed by atoms with Crippen molar-refractivity contribution in [1.82, 2.24) is 20.5 Å². The minimum Gasteiger partial charge on any atom is -0.382 e. The monoisotopic (exact) mass is 344 g/mol. The zero-order chi connectivity index (χ0) is 17.8. The van der Waals surface area contributed by atoms with Gasteiger partial charge >= 0.3 is 0 Å². The molecule has 2 aliphatic rings. The van der Waals surface area contributed by atoms with Crippen molar-refractivity contribution in [2.24, 2.45) is 5.73 Å². The molecule has 2 fully saturated rings. The molecule has 25 heavy (non-hydrogen) atoms. The highest BCUT2D eigenvalue weighted by Crippen LogP contribution is 2.21. The number of hydrogen-bond acceptors (Lipinski definition) is 5. The van der Waals surface area contributed by atoms with E-state index < -0.39 is 0 Å². The van der Waals surface area contributed by atoms with Crippen molar-refractivity contribution in [2.75, 3.05) is 13.1 Å². The topological polar surface area (TPSA) is 124 Å². The summed E-state index contributed by atoms with van der Waals surface area (Å²) < 4.78 is 0. The summed E-state index contributed by atoms with van der Waals surface area (Å²) in [5.41, 5.74) is 6.61. The lowest BCUT2D eigenvalue weighted by atomic mass is 10.1. The lowest BCUT2D eigenvalue weighted by Gasteiger charge is -2.26. The van der Waals surface area contributed by atoms with Gasteiger partial charge in [0, 0.05) is 19.3 Å². The van der Waals surface area contributed by atoms with Crippen LogP contribution < -0.4 is 16.4 Å². The number of rotatable bonds is 5. The van der Waals surface area contributed by atoms with Crippen LogP contribution in [0.15, 0.2) is 18.3 Å². The average Bonchev–Trinajstić information content (AvgIpc) is 3.30. The number of pyridine rings is 1. The second-order valence-electron chi connectivity index (χ2n) is 6.52. The minimum absolute atomic E-state index is 0.0441. The van der Waals surface area contributed by atoms with Crippen molar-refractivity contribution in [1.29, 1.82) is 5.41 Å². The van der Waals surface area contributed by atoms with E-state index in [9.17, 15) is 9.59 Å². The Bertz CT molecular complexity index is 654. The molecule has 3 rings (SSSR count). The summed E-state index contributed by atoms with van der Waals surface area (Å²) in [6, 6.07) is 2.90. The normalized spacial score (nSPS) is 22.8. The summed E-state index contributed by atoms with van der Waals surface area (Å²) >= 11 is 0. The number of amidine groups is 1. The fourth-order valence-electron chi connectivity index (χ4n) is 3.39. The molecule has 2 aliphatic heterocycles. The van der Waals surface area contributed by atoms with Gasteiger partial charge in [0.1, 0.15) is 17.6 Å². The molecule has 2 amide bonds. The van der Waals surface area contributed by atoms with Crippen LogP contribution in [-0.4, -0.2) is 52.7 Å². The maximum Gasteiger partial charge on any atom is 0.243 e. The van der Waals surface area contributed by atoms with E-state index >= 15 is 0 Å². The summed E-state index contributed by atoms with van der Waals surface area (Å²) in [5, 5.41) is 13.4. The second-order valence-corrected chi connectivity index (χ2v) is 6.52. The quantitative estimate of drug-likeness (QED) is 0.432. The number of aromatic nitrogens is 1. The first-order chi connectivity index (χ1) is 12.1. The summed E-state index contributed by atoms with van der Waals surface area (Å²) in [7, 11) is 0. The Labute approximate surface area is 146 Å². The van der Waals surface area contributed by atoms with Crippen LogP contribution in [0.2, 0.25) is 0 Å². The first-order valence-corrected chi connectivity index (χ1v) is 8.67. The Kier molecular flexibility index (Phi) is 5.28. The van der Waals surface area contributed by atoms with E-state index in [0.717, 1.165) is 31.4 Å². The van der Waals surface area contributed by atoms with Crippen molar-refractivity contribution in [2.45, 2.75) is 44.3 Å². The van der Waals surface area contributed by atoms with Crippen molar-refractivity contribution < 1.29 is 9.59 Å². The van der Waals surface area contributed by atoms with Gasteiger partial charge in [-0.25, -0.2) is 0 Å². The first kappa shape index (κ1) is 17.3.